The lowest BCUT2D eigenvalue weighted by Gasteiger charge is -2.03. The number of phenols is 1. The standard InChI is InChI=1S/C12H8IN5O5/c13-9-5-8(17(20)21)4-7(11(9)19)6-15-16-12-10(18(22)23)2-1-3-14-12/h1-6,19H,(H,14,16)/b15-6-. The molecule has 11 heteroatoms. The number of rotatable bonds is 5. The zero-order chi connectivity index (χ0) is 17.0. The molecule has 1 heterocycles. The second-order valence-electron chi connectivity index (χ2n) is 4.12. The average molecular weight is 429 g/mol. The highest BCUT2D eigenvalue weighted by molar-refractivity contribution is 14.1. The van der Waals surface area contributed by atoms with E-state index in [1.165, 1.54) is 24.4 Å². The van der Waals surface area contributed by atoms with Gasteiger partial charge >= 0.3 is 5.69 Å². The molecule has 0 spiro atoms. The maximum atomic E-state index is 10.8. The fourth-order valence-electron chi connectivity index (χ4n) is 1.60. The van der Waals surface area contributed by atoms with Crippen LogP contribution in [0.4, 0.5) is 17.2 Å². The van der Waals surface area contributed by atoms with Gasteiger partial charge in [-0.05, 0) is 28.7 Å². The molecule has 0 bridgehead atoms. The molecule has 0 unspecified atom stereocenters. The number of hydrogen-bond donors (Lipinski definition) is 2. The fraction of sp³-hybridized carbons (Fsp3) is 0. The molecule has 23 heavy (non-hydrogen) atoms. The van der Waals surface area contributed by atoms with E-state index >= 15 is 0 Å². The average Bonchev–Trinajstić information content (AvgIpc) is 2.51. The Hall–Kier alpha value is -2.83. The van der Waals surface area contributed by atoms with Crippen LogP contribution in [-0.4, -0.2) is 26.2 Å². The molecule has 10 nitrogen and oxygen atoms in total. The van der Waals surface area contributed by atoms with Crippen LogP contribution in [0.25, 0.3) is 0 Å². The molecule has 0 radical (unpaired) electrons. The minimum Gasteiger partial charge on any atom is -0.506 e. The molecule has 0 amide bonds. The molecule has 0 atom stereocenters. The van der Waals surface area contributed by atoms with Crippen molar-refractivity contribution in [2.24, 2.45) is 5.10 Å². The second-order valence-corrected chi connectivity index (χ2v) is 5.28. The second kappa shape index (κ2) is 6.95. The van der Waals surface area contributed by atoms with Gasteiger partial charge in [0, 0.05) is 30.0 Å². The van der Waals surface area contributed by atoms with E-state index in [4.69, 9.17) is 0 Å². The number of aromatic hydroxyl groups is 1. The van der Waals surface area contributed by atoms with Gasteiger partial charge in [0.25, 0.3) is 5.69 Å². The van der Waals surface area contributed by atoms with Gasteiger partial charge in [-0.3, -0.25) is 25.7 Å². The molecule has 0 fully saturated rings. The largest absolute Gasteiger partial charge is 0.506 e. The van der Waals surface area contributed by atoms with Crippen LogP contribution in [0.2, 0.25) is 0 Å². The SMILES string of the molecule is O=[N+]([O-])c1cc(I)c(O)c(/C=N\Nc2ncccc2[N+](=O)[O-])c1. The summed E-state index contributed by atoms with van der Waals surface area (Å²) in [5.41, 5.74) is 1.98. The lowest BCUT2D eigenvalue weighted by Crippen LogP contribution is -1.99. The van der Waals surface area contributed by atoms with Crippen LogP contribution < -0.4 is 5.43 Å². The Labute approximate surface area is 142 Å². The number of benzene rings is 1. The van der Waals surface area contributed by atoms with Crippen LogP contribution in [0, 0.1) is 23.8 Å². The van der Waals surface area contributed by atoms with Crippen LogP contribution in [0.1, 0.15) is 5.56 Å². The summed E-state index contributed by atoms with van der Waals surface area (Å²) in [6.45, 7) is 0. The maximum Gasteiger partial charge on any atom is 0.313 e. The van der Waals surface area contributed by atoms with Crippen molar-refractivity contribution >= 4 is 46.0 Å². The zero-order valence-corrected chi connectivity index (χ0v) is 13.4. The molecule has 2 aromatic rings. The van der Waals surface area contributed by atoms with Gasteiger partial charge in [0.2, 0.25) is 5.82 Å². The normalized spacial score (nSPS) is 10.7. The molecule has 0 aliphatic heterocycles. The van der Waals surface area contributed by atoms with E-state index in [2.05, 4.69) is 15.5 Å². The van der Waals surface area contributed by atoms with Crippen molar-refractivity contribution in [2.75, 3.05) is 5.43 Å². The predicted molar refractivity (Wildman–Crippen MR) is 89.6 cm³/mol. The van der Waals surface area contributed by atoms with Gasteiger partial charge in [-0.2, -0.15) is 5.10 Å². The third-order valence-corrected chi connectivity index (χ3v) is 3.47. The van der Waals surface area contributed by atoms with Gasteiger partial charge in [-0.1, -0.05) is 0 Å². The number of phenolic OH excluding ortho intramolecular Hbond substituents is 1. The summed E-state index contributed by atoms with van der Waals surface area (Å²) >= 11 is 1.75. The monoisotopic (exact) mass is 429 g/mol. The number of halogens is 1. The Kier molecular flexibility index (Phi) is 5.00. The summed E-state index contributed by atoms with van der Waals surface area (Å²) in [6, 6.07) is 5.00. The molecule has 2 rings (SSSR count). The first-order valence-electron chi connectivity index (χ1n) is 5.95. The Morgan fingerprint density at radius 1 is 1.30 bits per heavy atom. The number of non-ortho nitro benzene ring substituents is 1. The van der Waals surface area contributed by atoms with Gasteiger partial charge in [-0.15, -0.1) is 0 Å². The number of aromatic nitrogens is 1. The Bertz CT molecular complexity index is 810. The van der Waals surface area contributed by atoms with Gasteiger partial charge in [-0.25, -0.2) is 4.98 Å². The molecular weight excluding hydrogens is 421 g/mol. The van der Waals surface area contributed by atoms with Crippen molar-refractivity contribution in [3.8, 4) is 5.75 Å². The highest BCUT2D eigenvalue weighted by atomic mass is 127. The molecule has 1 aromatic carbocycles. The Balaban J connectivity index is 2.28. The van der Waals surface area contributed by atoms with Crippen LogP contribution >= 0.6 is 22.6 Å². The van der Waals surface area contributed by atoms with E-state index in [1.807, 2.05) is 0 Å². The van der Waals surface area contributed by atoms with Gasteiger partial charge in [0.15, 0.2) is 0 Å². The fourth-order valence-corrected chi connectivity index (χ4v) is 2.23. The topological polar surface area (TPSA) is 144 Å². The van der Waals surface area contributed by atoms with E-state index in [9.17, 15) is 25.3 Å². The third kappa shape index (κ3) is 3.88. The first kappa shape index (κ1) is 16.5. The molecule has 0 saturated heterocycles. The van der Waals surface area contributed by atoms with Crippen molar-refractivity contribution in [1.82, 2.24) is 4.98 Å². The zero-order valence-electron chi connectivity index (χ0n) is 11.2. The molecular formula is C12H8IN5O5. The minimum atomic E-state index is -0.626. The summed E-state index contributed by atoms with van der Waals surface area (Å²) in [5.74, 6) is -0.273. The van der Waals surface area contributed by atoms with Gasteiger partial charge < -0.3 is 5.11 Å². The van der Waals surface area contributed by atoms with Crippen molar-refractivity contribution in [2.45, 2.75) is 0 Å². The lowest BCUT2D eigenvalue weighted by molar-refractivity contribution is -0.385. The number of nitrogens with zero attached hydrogens (tertiary/aromatic N) is 4. The number of nitro benzene ring substituents is 1. The Morgan fingerprint density at radius 3 is 2.70 bits per heavy atom. The smallest absolute Gasteiger partial charge is 0.313 e. The molecule has 1 aromatic heterocycles. The summed E-state index contributed by atoms with van der Waals surface area (Å²) in [5, 5.41) is 35.2. The highest BCUT2D eigenvalue weighted by Gasteiger charge is 2.15. The molecule has 0 saturated carbocycles. The summed E-state index contributed by atoms with van der Waals surface area (Å²) in [7, 11) is 0. The molecule has 0 aliphatic carbocycles. The first-order valence-corrected chi connectivity index (χ1v) is 7.03. The highest BCUT2D eigenvalue weighted by Crippen LogP contribution is 2.28. The Morgan fingerprint density at radius 2 is 2.04 bits per heavy atom. The quantitative estimate of drug-likeness (QED) is 0.322. The summed E-state index contributed by atoms with van der Waals surface area (Å²) in [6.07, 6.45) is 2.46. The maximum absolute atomic E-state index is 10.8. The number of anilines is 1. The van der Waals surface area contributed by atoms with Crippen molar-refractivity contribution in [3.05, 3.63) is 59.8 Å². The molecule has 118 valence electrons. The number of hydrogen-bond acceptors (Lipinski definition) is 8. The van der Waals surface area contributed by atoms with E-state index in [1.54, 1.807) is 22.6 Å². The van der Waals surface area contributed by atoms with Crippen LogP contribution in [0.3, 0.4) is 0 Å². The third-order valence-electron chi connectivity index (χ3n) is 2.65. The van der Waals surface area contributed by atoms with Crippen molar-refractivity contribution in [1.29, 1.82) is 0 Å². The van der Waals surface area contributed by atoms with Crippen molar-refractivity contribution in [3.63, 3.8) is 0 Å². The summed E-state index contributed by atoms with van der Waals surface area (Å²) < 4.78 is 0.280. The number of nitrogens with one attached hydrogen (secondary N) is 1. The van der Waals surface area contributed by atoms with E-state index in [0.29, 0.717) is 0 Å². The summed E-state index contributed by atoms with van der Waals surface area (Å²) in [4.78, 5) is 24.2. The van der Waals surface area contributed by atoms with Crippen molar-refractivity contribution < 1.29 is 15.0 Å². The van der Waals surface area contributed by atoms with Gasteiger partial charge in [0.1, 0.15) is 5.75 Å². The minimum absolute atomic E-state index is 0.0895. The van der Waals surface area contributed by atoms with Crippen LogP contribution in [0.5, 0.6) is 5.75 Å². The van der Waals surface area contributed by atoms with E-state index in [-0.39, 0.29) is 32.1 Å². The number of hydrazone groups is 1. The lowest BCUT2D eigenvalue weighted by atomic mass is 10.2. The van der Waals surface area contributed by atoms with E-state index < -0.39 is 9.85 Å². The predicted octanol–water partition coefficient (Wildman–Crippen LogP) is 2.65. The number of nitro groups is 2. The van der Waals surface area contributed by atoms with Crippen LogP contribution in [0.15, 0.2) is 35.6 Å². The first-order chi connectivity index (χ1) is 10.9. The van der Waals surface area contributed by atoms with E-state index in [0.717, 1.165) is 12.3 Å². The van der Waals surface area contributed by atoms with Crippen LogP contribution in [-0.2, 0) is 0 Å². The number of pyridine rings is 1. The molecule has 0 aliphatic rings. The van der Waals surface area contributed by atoms with Gasteiger partial charge in [0.05, 0.1) is 19.6 Å². The molecule has 2 N–H and O–H groups in total.